The lowest BCUT2D eigenvalue weighted by Gasteiger charge is -2.33. The third-order valence-corrected chi connectivity index (χ3v) is 4.59. The highest BCUT2D eigenvalue weighted by Gasteiger charge is 2.24. The lowest BCUT2D eigenvalue weighted by molar-refractivity contribution is 0.213. The van der Waals surface area contributed by atoms with Crippen LogP contribution in [0.5, 0.6) is 0 Å². The molecule has 0 aliphatic carbocycles. The van der Waals surface area contributed by atoms with E-state index in [9.17, 15) is 0 Å². The van der Waals surface area contributed by atoms with Crippen molar-refractivity contribution in [2.75, 3.05) is 27.3 Å². The van der Waals surface area contributed by atoms with Gasteiger partial charge in [0.25, 0.3) is 0 Å². The first-order valence-electron chi connectivity index (χ1n) is 9.73. The van der Waals surface area contributed by atoms with Gasteiger partial charge in [-0.15, -0.1) is 0 Å². The Hall–Kier alpha value is -0.570. The van der Waals surface area contributed by atoms with Crippen molar-refractivity contribution in [2.24, 2.45) is 0 Å². The monoisotopic (exact) mass is 371 g/mol. The SMILES string of the molecule is CC.CCCCN(C)C(C)CC(C)(C)c1ccc(Cl)cc1.CCOC. The van der Waals surface area contributed by atoms with Gasteiger partial charge in [-0.1, -0.05) is 64.8 Å². The highest BCUT2D eigenvalue weighted by Crippen LogP contribution is 2.30. The van der Waals surface area contributed by atoms with Crippen molar-refractivity contribution in [3.8, 4) is 0 Å². The van der Waals surface area contributed by atoms with Crippen LogP contribution in [-0.2, 0) is 10.2 Å². The second kappa shape index (κ2) is 15.7. The van der Waals surface area contributed by atoms with Gasteiger partial charge < -0.3 is 9.64 Å². The van der Waals surface area contributed by atoms with E-state index in [4.69, 9.17) is 11.6 Å². The van der Waals surface area contributed by atoms with Crippen LogP contribution in [0.4, 0.5) is 0 Å². The molecule has 0 spiro atoms. The molecular weight excluding hydrogens is 330 g/mol. The molecule has 25 heavy (non-hydrogen) atoms. The van der Waals surface area contributed by atoms with Gasteiger partial charge in [-0.25, -0.2) is 0 Å². The van der Waals surface area contributed by atoms with E-state index in [2.05, 4.69) is 56.5 Å². The standard InChI is InChI=1S/C17H28ClN.C3H8O.C2H6/c1-6-7-12-19(5)14(2)13-17(3,4)15-8-10-16(18)11-9-15;1-3-4-2;1-2/h8-11,14H,6-7,12-13H2,1-5H3;3H2,1-2H3;1-2H3. The minimum absolute atomic E-state index is 0.185. The van der Waals surface area contributed by atoms with Gasteiger partial charge in [-0.05, 0) is 63.4 Å². The smallest absolute Gasteiger partial charge is 0.0433 e. The Kier molecular flexibility index (Phi) is 16.7. The maximum absolute atomic E-state index is 5.97. The lowest BCUT2D eigenvalue weighted by atomic mass is 9.79. The Balaban J connectivity index is 0. The van der Waals surface area contributed by atoms with E-state index in [-0.39, 0.29) is 5.41 Å². The van der Waals surface area contributed by atoms with Crippen molar-refractivity contribution in [3.63, 3.8) is 0 Å². The Morgan fingerprint density at radius 2 is 1.60 bits per heavy atom. The first kappa shape index (κ1) is 26.7. The van der Waals surface area contributed by atoms with Crippen LogP contribution in [0.3, 0.4) is 0 Å². The summed E-state index contributed by atoms with van der Waals surface area (Å²) in [4.78, 5) is 2.47. The van der Waals surface area contributed by atoms with Gasteiger partial charge >= 0.3 is 0 Å². The maximum atomic E-state index is 5.97. The van der Waals surface area contributed by atoms with Crippen LogP contribution in [0, 0.1) is 0 Å². The van der Waals surface area contributed by atoms with Crippen LogP contribution in [0.25, 0.3) is 0 Å². The first-order chi connectivity index (χ1) is 11.8. The normalized spacial score (nSPS) is 12.0. The summed E-state index contributed by atoms with van der Waals surface area (Å²) in [5.41, 5.74) is 1.55. The summed E-state index contributed by atoms with van der Waals surface area (Å²) in [5, 5.41) is 0.813. The van der Waals surface area contributed by atoms with Crippen molar-refractivity contribution >= 4 is 11.6 Å². The topological polar surface area (TPSA) is 12.5 Å². The Labute approximate surface area is 162 Å². The van der Waals surface area contributed by atoms with Crippen LogP contribution in [0.15, 0.2) is 24.3 Å². The van der Waals surface area contributed by atoms with Gasteiger partial charge in [-0.3, -0.25) is 0 Å². The minimum Gasteiger partial charge on any atom is -0.385 e. The molecule has 3 heteroatoms. The van der Waals surface area contributed by atoms with Gasteiger partial charge in [-0.2, -0.15) is 0 Å². The molecule has 0 saturated heterocycles. The second-order valence-electron chi connectivity index (χ2n) is 6.86. The number of nitrogens with zero attached hydrogens (tertiary/aromatic N) is 1. The Morgan fingerprint density at radius 1 is 1.12 bits per heavy atom. The number of hydrogen-bond acceptors (Lipinski definition) is 2. The number of rotatable bonds is 8. The molecule has 0 aliphatic rings. The average molecular weight is 372 g/mol. The lowest BCUT2D eigenvalue weighted by Crippen LogP contribution is -2.35. The number of unbranched alkanes of at least 4 members (excludes halogenated alkanes) is 1. The fraction of sp³-hybridized carbons (Fsp3) is 0.727. The number of hydrogen-bond donors (Lipinski definition) is 0. The summed E-state index contributed by atoms with van der Waals surface area (Å²) < 4.78 is 4.54. The molecule has 0 N–H and O–H groups in total. The van der Waals surface area contributed by atoms with Gasteiger partial charge in [0.1, 0.15) is 0 Å². The number of ether oxygens (including phenoxy) is 1. The molecular formula is C22H42ClNO. The van der Waals surface area contributed by atoms with Crippen molar-refractivity contribution in [3.05, 3.63) is 34.9 Å². The molecule has 0 fully saturated rings. The molecule has 0 aliphatic heterocycles. The maximum Gasteiger partial charge on any atom is 0.0433 e. The van der Waals surface area contributed by atoms with E-state index in [0.717, 1.165) is 18.1 Å². The molecule has 1 rings (SSSR count). The zero-order chi connectivity index (χ0) is 19.9. The molecule has 0 heterocycles. The zero-order valence-electron chi connectivity index (χ0n) is 18.2. The van der Waals surface area contributed by atoms with Gasteiger partial charge in [0.05, 0.1) is 0 Å². The van der Waals surface area contributed by atoms with E-state index < -0.39 is 0 Å². The summed E-state index contributed by atoms with van der Waals surface area (Å²) in [5.74, 6) is 0. The van der Waals surface area contributed by atoms with Crippen LogP contribution in [-0.4, -0.2) is 38.3 Å². The number of methoxy groups -OCH3 is 1. The quantitative estimate of drug-likeness (QED) is 0.497. The third kappa shape index (κ3) is 12.4. The number of halogens is 1. The summed E-state index contributed by atoms with van der Waals surface area (Å²) >= 11 is 5.97. The zero-order valence-corrected chi connectivity index (χ0v) is 18.9. The van der Waals surface area contributed by atoms with Crippen LogP contribution in [0.2, 0.25) is 5.02 Å². The van der Waals surface area contributed by atoms with Crippen LogP contribution >= 0.6 is 11.6 Å². The van der Waals surface area contributed by atoms with Gasteiger partial charge in [0.2, 0.25) is 0 Å². The fourth-order valence-electron chi connectivity index (χ4n) is 2.54. The largest absolute Gasteiger partial charge is 0.385 e. The van der Waals surface area contributed by atoms with Crippen molar-refractivity contribution in [2.45, 2.75) is 79.2 Å². The molecule has 0 bridgehead atoms. The third-order valence-electron chi connectivity index (χ3n) is 4.34. The van der Waals surface area contributed by atoms with E-state index in [1.165, 1.54) is 24.9 Å². The predicted octanol–water partition coefficient (Wildman–Crippen LogP) is 6.81. The summed E-state index contributed by atoms with van der Waals surface area (Å²) in [6.07, 6.45) is 3.70. The van der Waals surface area contributed by atoms with Crippen molar-refractivity contribution in [1.29, 1.82) is 0 Å². The van der Waals surface area contributed by atoms with Crippen LogP contribution in [0.1, 0.15) is 73.3 Å². The molecule has 1 unspecified atom stereocenters. The molecule has 148 valence electrons. The second-order valence-corrected chi connectivity index (χ2v) is 7.29. The van der Waals surface area contributed by atoms with E-state index in [1.54, 1.807) is 7.11 Å². The Morgan fingerprint density at radius 3 is 2.00 bits per heavy atom. The van der Waals surface area contributed by atoms with Crippen molar-refractivity contribution < 1.29 is 4.74 Å². The van der Waals surface area contributed by atoms with E-state index in [1.807, 2.05) is 32.9 Å². The summed E-state index contributed by atoms with van der Waals surface area (Å²) in [7, 11) is 3.91. The average Bonchev–Trinajstić information content (AvgIpc) is 2.61. The Bertz CT molecular complexity index is 401. The first-order valence-corrected chi connectivity index (χ1v) is 10.1. The molecule has 0 aromatic heterocycles. The van der Waals surface area contributed by atoms with E-state index >= 15 is 0 Å². The molecule has 1 aromatic rings. The molecule has 1 atom stereocenters. The highest BCUT2D eigenvalue weighted by atomic mass is 35.5. The predicted molar refractivity (Wildman–Crippen MR) is 115 cm³/mol. The fourth-order valence-corrected chi connectivity index (χ4v) is 2.67. The van der Waals surface area contributed by atoms with Gasteiger partial charge in [0, 0.05) is 24.8 Å². The summed E-state index contributed by atoms with van der Waals surface area (Å²) in [6.45, 7) is 17.2. The van der Waals surface area contributed by atoms with Crippen molar-refractivity contribution in [1.82, 2.24) is 4.90 Å². The number of benzene rings is 1. The summed E-state index contributed by atoms with van der Waals surface area (Å²) in [6, 6.07) is 8.88. The van der Waals surface area contributed by atoms with Gasteiger partial charge in [0.15, 0.2) is 0 Å². The molecule has 0 radical (unpaired) electrons. The van der Waals surface area contributed by atoms with E-state index in [0.29, 0.717) is 6.04 Å². The molecule has 2 nitrogen and oxygen atoms in total. The molecule has 0 amide bonds. The minimum atomic E-state index is 0.185. The molecule has 0 saturated carbocycles. The highest BCUT2D eigenvalue weighted by molar-refractivity contribution is 6.30. The molecule has 1 aromatic carbocycles. The van der Waals surface area contributed by atoms with Crippen LogP contribution < -0.4 is 0 Å².